The first kappa shape index (κ1) is 19.3. The van der Waals surface area contributed by atoms with E-state index in [1.165, 1.54) is 12.0 Å². The third-order valence-corrected chi connectivity index (χ3v) is 4.34. The third kappa shape index (κ3) is 7.15. The van der Waals surface area contributed by atoms with Crippen molar-refractivity contribution in [1.82, 2.24) is 25.3 Å². The molecule has 0 radical (unpaired) electrons. The van der Waals surface area contributed by atoms with E-state index in [0.29, 0.717) is 12.3 Å². The van der Waals surface area contributed by atoms with Crippen molar-refractivity contribution >= 4 is 11.9 Å². The molecule has 1 aromatic heterocycles. The predicted octanol–water partition coefficient (Wildman–Crippen LogP) is 1.31. The zero-order valence-electron chi connectivity index (χ0n) is 15.6. The average Bonchev–Trinajstić information content (AvgIpc) is 2.90. The van der Waals surface area contributed by atoms with E-state index in [1.54, 1.807) is 0 Å². The minimum atomic E-state index is 0.308. The summed E-state index contributed by atoms with van der Waals surface area (Å²) in [6, 6.07) is 0. The van der Waals surface area contributed by atoms with Gasteiger partial charge in [0, 0.05) is 52.4 Å². The maximum atomic E-state index is 12.0. The Balaban J connectivity index is 1.69. The van der Waals surface area contributed by atoms with Crippen LogP contribution in [0.2, 0.25) is 0 Å². The number of carbonyl (C=O) groups excluding carboxylic acids is 1. The zero-order chi connectivity index (χ0) is 17.9. The van der Waals surface area contributed by atoms with Gasteiger partial charge in [0.05, 0.1) is 6.20 Å². The minimum Gasteiger partial charge on any atom is -0.357 e. The molecule has 2 rings (SSSR count). The summed E-state index contributed by atoms with van der Waals surface area (Å²) in [5, 5.41) is 10.8. The number of amides is 1. The maximum absolute atomic E-state index is 12.0. The highest BCUT2D eigenvalue weighted by molar-refractivity contribution is 5.79. The Morgan fingerprint density at radius 3 is 2.96 bits per heavy atom. The molecule has 0 bridgehead atoms. The molecule has 140 valence electrons. The number of hydrogen-bond acceptors (Lipinski definition) is 3. The van der Waals surface area contributed by atoms with Crippen molar-refractivity contribution in [3.05, 3.63) is 18.0 Å². The molecule has 0 saturated carbocycles. The van der Waals surface area contributed by atoms with Crippen LogP contribution < -0.4 is 10.6 Å². The molecule has 1 aliphatic rings. The van der Waals surface area contributed by atoms with Crippen LogP contribution in [0.5, 0.6) is 0 Å². The Morgan fingerprint density at radius 2 is 2.20 bits per heavy atom. The normalized spacial score (nSPS) is 16.0. The fourth-order valence-corrected chi connectivity index (χ4v) is 3.00. The van der Waals surface area contributed by atoms with Crippen LogP contribution in [0.4, 0.5) is 0 Å². The molecule has 25 heavy (non-hydrogen) atoms. The van der Waals surface area contributed by atoms with E-state index < -0.39 is 0 Å². The molecule has 1 amide bonds. The van der Waals surface area contributed by atoms with E-state index in [9.17, 15) is 4.79 Å². The van der Waals surface area contributed by atoms with Crippen molar-refractivity contribution in [2.45, 2.75) is 45.4 Å². The molecule has 0 aliphatic carbocycles. The number of aryl methyl sites for hydroxylation is 1. The number of likely N-dealkylation sites (tertiary alicyclic amines) is 1. The van der Waals surface area contributed by atoms with Crippen LogP contribution in [0.15, 0.2) is 17.4 Å². The Hall–Kier alpha value is -2.05. The summed E-state index contributed by atoms with van der Waals surface area (Å²) in [5.41, 5.74) is 1.21. The number of carbonyl (C=O) groups is 1. The SMILES string of the molecule is CCNC(=NCCCN1CCCCCC1=O)NCCc1cnn(C)c1. The number of nitrogens with zero attached hydrogens (tertiary/aromatic N) is 4. The van der Waals surface area contributed by atoms with E-state index in [1.807, 2.05) is 29.0 Å². The molecular weight excluding hydrogens is 316 g/mol. The highest BCUT2D eigenvalue weighted by atomic mass is 16.2. The van der Waals surface area contributed by atoms with Crippen molar-refractivity contribution in [2.24, 2.45) is 12.0 Å². The maximum Gasteiger partial charge on any atom is 0.222 e. The smallest absolute Gasteiger partial charge is 0.222 e. The first-order chi connectivity index (χ1) is 12.2. The van der Waals surface area contributed by atoms with Crippen molar-refractivity contribution in [3.63, 3.8) is 0 Å². The Labute approximate surface area is 150 Å². The van der Waals surface area contributed by atoms with Crippen molar-refractivity contribution < 1.29 is 4.79 Å². The summed E-state index contributed by atoms with van der Waals surface area (Å²) in [7, 11) is 1.93. The van der Waals surface area contributed by atoms with Crippen LogP contribution >= 0.6 is 0 Å². The molecule has 2 N–H and O–H groups in total. The van der Waals surface area contributed by atoms with Crippen LogP contribution in [-0.2, 0) is 18.3 Å². The highest BCUT2D eigenvalue weighted by Gasteiger charge is 2.15. The summed E-state index contributed by atoms with van der Waals surface area (Å²) in [4.78, 5) is 18.6. The monoisotopic (exact) mass is 348 g/mol. The summed E-state index contributed by atoms with van der Waals surface area (Å²) in [6.45, 7) is 6.18. The molecular formula is C18H32N6O. The van der Waals surface area contributed by atoms with Crippen LogP contribution in [0.25, 0.3) is 0 Å². The largest absolute Gasteiger partial charge is 0.357 e. The minimum absolute atomic E-state index is 0.308. The van der Waals surface area contributed by atoms with Gasteiger partial charge in [0.15, 0.2) is 5.96 Å². The zero-order valence-corrected chi connectivity index (χ0v) is 15.6. The standard InChI is InChI=1S/C18H32N6O/c1-3-19-18(21-11-9-16-14-22-23(2)15-16)20-10-7-13-24-12-6-4-5-8-17(24)25/h14-15H,3-13H2,1-2H3,(H2,19,20,21). The predicted molar refractivity (Wildman–Crippen MR) is 101 cm³/mol. The van der Waals surface area contributed by atoms with E-state index in [-0.39, 0.29) is 0 Å². The van der Waals surface area contributed by atoms with Crippen LogP contribution in [0.1, 0.15) is 44.6 Å². The van der Waals surface area contributed by atoms with E-state index in [0.717, 1.165) is 64.4 Å². The Morgan fingerprint density at radius 1 is 1.32 bits per heavy atom. The second-order valence-corrected chi connectivity index (χ2v) is 6.50. The van der Waals surface area contributed by atoms with Crippen LogP contribution in [0, 0.1) is 0 Å². The Bertz CT molecular complexity index is 554. The number of guanidine groups is 1. The van der Waals surface area contributed by atoms with Crippen molar-refractivity contribution in [2.75, 3.05) is 32.7 Å². The Kier molecular flexibility index (Phi) is 8.28. The van der Waals surface area contributed by atoms with Gasteiger partial charge in [-0.3, -0.25) is 14.5 Å². The molecule has 0 atom stereocenters. The number of aromatic nitrogens is 2. The lowest BCUT2D eigenvalue weighted by molar-refractivity contribution is -0.130. The highest BCUT2D eigenvalue weighted by Crippen LogP contribution is 2.11. The van der Waals surface area contributed by atoms with Gasteiger partial charge in [0.1, 0.15) is 0 Å². The first-order valence-electron chi connectivity index (χ1n) is 9.46. The average molecular weight is 348 g/mol. The van der Waals surface area contributed by atoms with Gasteiger partial charge in [-0.25, -0.2) is 0 Å². The number of nitrogens with one attached hydrogen (secondary N) is 2. The quantitative estimate of drug-likeness (QED) is 0.422. The number of rotatable bonds is 8. The molecule has 0 unspecified atom stereocenters. The summed E-state index contributed by atoms with van der Waals surface area (Å²) in [6.07, 6.45) is 9.80. The van der Waals surface area contributed by atoms with Gasteiger partial charge in [-0.1, -0.05) is 6.42 Å². The van der Waals surface area contributed by atoms with Gasteiger partial charge in [-0.15, -0.1) is 0 Å². The molecule has 7 heteroatoms. The summed E-state index contributed by atoms with van der Waals surface area (Å²) >= 11 is 0. The third-order valence-electron chi connectivity index (χ3n) is 4.34. The topological polar surface area (TPSA) is 74.6 Å². The van der Waals surface area contributed by atoms with Gasteiger partial charge >= 0.3 is 0 Å². The van der Waals surface area contributed by atoms with Gasteiger partial charge in [-0.2, -0.15) is 5.10 Å². The molecule has 0 aromatic carbocycles. The van der Waals surface area contributed by atoms with Crippen LogP contribution in [0.3, 0.4) is 0 Å². The van der Waals surface area contributed by atoms with Gasteiger partial charge in [0.25, 0.3) is 0 Å². The van der Waals surface area contributed by atoms with E-state index >= 15 is 0 Å². The van der Waals surface area contributed by atoms with Gasteiger partial charge in [0.2, 0.25) is 5.91 Å². The lowest BCUT2D eigenvalue weighted by Crippen LogP contribution is -2.38. The van der Waals surface area contributed by atoms with Gasteiger partial charge in [-0.05, 0) is 38.2 Å². The van der Waals surface area contributed by atoms with Gasteiger partial charge < -0.3 is 15.5 Å². The lowest BCUT2D eigenvalue weighted by Gasteiger charge is -2.20. The molecule has 2 heterocycles. The summed E-state index contributed by atoms with van der Waals surface area (Å²) in [5.74, 6) is 1.15. The van der Waals surface area contributed by atoms with E-state index in [2.05, 4.69) is 27.6 Å². The first-order valence-corrected chi connectivity index (χ1v) is 9.46. The molecule has 7 nitrogen and oxygen atoms in total. The molecule has 0 spiro atoms. The number of hydrogen-bond donors (Lipinski definition) is 2. The lowest BCUT2D eigenvalue weighted by atomic mass is 10.2. The molecule has 1 aliphatic heterocycles. The van der Waals surface area contributed by atoms with Crippen molar-refractivity contribution in [1.29, 1.82) is 0 Å². The molecule has 1 fully saturated rings. The summed E-state index contributed by atoms with van der Waals surface area (Å²) < 4.78 is 1.82. The van der Waals surface area contributed by atoms with Crippen molar-refractivity contribution in [3.8, 4) is 0 Å². The molecule has 1 aromatic rings. The van der Waals surface area contributed by atoms with Crippen LogP contribution in [-0.4, -0.2) is 59.3 Å². The fourth-order valence-electron chi connectivity index (χ4n) is 3.00. The number of aliphatic imine (C=N–C) groups is 1. The van der Waals surface area contributed by atoms with E-state index in [4.69, 9.17) is 0 Å². The second-order valence-electron chi connectivity index (χ2n) is 6.50. The second kappa shape index (κ2) is 10.7. The fraction of sp³-hybridized carbons (Fsp3) is 0.722. The molecule has 1 saturated heterocycles.